The van der Waals surface area contributed by atoms with E-state index in [0.717, 1.165) is 0 Å². The number of nitrogens with two attached hydrogens (primary N) is 1. The van der Waals surface area contributed by atoms with Gasteiger partial charge in [-0.05, 0) is 28.2 Å². The van der Waals surface area contributed by atoms with E-state index in [9.17, 15) is 14.9 Å². The van der Waals surface area contributed by atoms with E-state index < -0.39 is 10.5 Å². The van der Waals surface area contributed by atoms with E-state index in [0.29, 0.717) is 9.26 Å². The summed E-state index contributed by atoms with van der Waals surface area (Å²) in [5.74, 6) is 0.0126. The third-order valence-electron chi connectivity index (χ3n) is 2.24. The highest BCUT2D eigenvalue weighted by atomic mass is 127. The highest BCUT2D eigenvalue weighted by Gasteiger charge is 2.14. The third-order valence-corrected chi connectivity index (χ3v) is 3.02. The predicted molar refractivity (Wildman–Crippen MR) is 74.1 cm³/mol. The van der Waals surface area contributed by atoms with Gasteiger partial charge in [-0.2, -0.15) is 0 Å². The molecule has 0 radical (unpaired) electrons. The van der Waals surface area contributed by atoms with Gasteiger partial charge in [0.1, 0.15) is 3.70 Å². The van der Waals surface area contributed by atoms with E-state index in [-0.39, 0.29) is 17.2 Å². The fourth-order valence-corrected chi connectivity index (χ4v) is 2.30. The lowest BCUT2D eigenvalue weighted by Gasteiger charge is -2.03. The van der Waals surface area contributed by atoms with Crippen LogP contribution in [0.5, 0.6) is 0 Å². The first-order valence-corrected chi connectivity index (χ1v) is 5.87. The van der Waals surface area contributed by atoms with E-state index >= 15 is 0 Å². The molecule has 1 heterocycles. The average molecular weight is 358 g/mol. The van der Waals surface area contributed by atoms with Gasteiger partial charge in [-0.25, -0.2) is 4.98 Å². The molecular formula is C10H7IN4O3. The van der Waals surface area contributed by atoms with Gasteiger partial charge in [0, 0.05) is 12.1 Å². The lowest BCUT2D eigenvalue weighted by molar-refractivity contribution is -0.384. The molecule has 0 fully saturated rings. The minimum atomic E-state index is -0.519. The van der Waals surface area contributed by atoms with Crippen molar-refractivity contribution in [3.63, 3.8) is 0 Å². The molecule has 0 aliphatic rings. The summed E-state index contributed by atoms with van der Waals surface area (Å²) in [4.78, 5) is 28.3. The van der Waals surface area contributed by atoms with Crippen LogP contribution in [-0.2, 0) is 0 Å². The van der Waals surface area contributed by atoms with Gasteiger partial charge >= 0.3 is 0 Å². The molecule has 8 heteroatoms. The number of non-ortho nitro benzene ring substituents is 1. The van der Waals surface area contributed by atoms with Crippen LogP contribution in [0.1, 0.15) is 0 Å². The molecule has 92 valence electrons. The summed E-state index contributed by atoms with van der Waals surface area (Å²) in [6.45, 7) is 0. The largest absolute Gasteiger partial charge is 0.369 e. The van der Waals surface area contributed by atoms with Crippen LogP contribution in [0.4, 0.5) is 11.6 Å². The van der Waals surface area contributed by atoms with Crippen LogP contribution < -0.4 is 11.3 Å². The molecule has 0 aliphatic heterocycles. The number of hydrogen-bond acceptors (Lipinski definition) is 5. The van der Waals surface area contributed by atoms with Crippen LogP contribution in [0.25, 0.3) is 11.1 Å². The minimum Gasteiger partial charge on any atom is -0.369 e. The molecule has 0 unspecified atom stereocenters. The number of H-pyrrole nitrogens is 1. The van der Waals surface area contributed by atoms with Crippen LogP contribution in [0.15, 0.2) is 29.1 Å². The van der Waals surface area contributed by atoms with E-state index in [4.69, 9.17) is 5.73 Å². The van der Waals surface area contributed by atoms with Crippen LogP contribution in [0.2, 0.25) is 0 Å². The predicted octanol–water partition coefficient (Wildman–Crippen LogP) is 1.53. The first-order valence-electron chi connectivity index (χ1n) is 4.79. The van der Waals surface area contributed by atoms with Crippen molar-refractivity contribution in [2.75, 3.05) is 5.73 Å². The van der Waals surface area contributed by atoms with Gasteiger partial charge in [0.05, 0.1) is 10.5 Å². The Morgan fingerprint density at radius 3 is 2.78 bits per heavy atom. The number of benzene rings is 1. The number of nitro groups is 1. The summed E-state index contributed by atoms with van der Waals surface area (Å²) < 4.78 is 0.398. The summed E-state index contributed by atoms with van der Waals surface area (Å²) in [6, 6.07) is 5.80. The highest BCUT2D eigenvalue weighted by molar-refractivity contribution is 14.1. The molecule has 0 saturated carbocycles. The number of hydrogen-bond donors (Lipinski definition) is 2. The molecule has 0 aliphatic carbocycles. The zero-order valence-electron chi connectivity index (χ0n) is 8.88. The second-order valence-electron chi connectivity index (χ2n) is 3.42. The zero-order valence-corrected chi connectivity index (χ0v) is 11.0. The van der Waals surface area contributed by atoms with Gasteiger partial charge < -0.3 is 5.73 Å². The van der Waals surface area contributed by atoms with Crippen molar-refractivity contribution in [2.24, 2.45) is 0 Å². The second kappa shape index (κ2) is 4.72. The first-order chi connectivity index (χ1) is 8.49. The maximum Gasteiger partial charge on any atom is 0.270 e. The number of nitrogens with one attached hydrogen (secondary N) is 1. The van der Waals surface area contributed by atoms with E-state index in [1.54, 1.807) is 6.07 Å². The molecule has 0 amide bonds. The molecule has 2 rings (SSSR count). The number of nitrogens with zero attached hydrogens (tertiary/aromatic N) is 2. The van der Waals surface area contributed by atoms with E-state index in [1.807, 2.05) is 22.6 Å². The van der Waals surface area contributed by atoms with Crippen molar-refractivity contribution in [2.45, 2.75) is 0 Å². The zero-order chi connectivity index (χ0) is 13.3. The summed E-state index contributed by atoms with van der Waals surface area (Å²) in [6.07, 6.45) is 0. The molecule has 7 nitrogen and oxygen atoms in total. The number of aromatic nitrogens is 2. The minimum absolute atomic E-state index is 0.0126. The molecule has 3 N–H and O–H groups in total. The molecule has 2 aromatic rings. The summed E-state index contributed by atoms with van der Waals surface area (Å²) in [5.41, 5.74) is 5.60. The van der Waals surface area contributed by atoms with Crippen LogP contribution in [0.3, 0.4) is 0 Å². The molecule has 18 heavy (non-hydrogen) atoms. The number of anilines is 1. The van der Waals surface area contributed by atoms with Crippen molar-refractivity contribution < 1.29 is 4.92 Å². The van der Waals surface area contributed by atoms with Gasteiger partial charge in [0.25, 0.3) is 11.2 Å². The van der Waals surface area contributed by atoms with Crippen LogP contribution in [0, 0.1) is 13.8 Å². The normalized spacial score (nSPS) is 10.3. The van der Waals surface area contributed by atoms with Crippen molar-refractivity contribution >= 4 is 34.2 Å². The third kappa shape index (κ3) is 2.32. The Morgan fingerprint density at radius 2 is 2.17 bits per heavy atom. The SMILES string of the molecule is Nc1nc(I)c(-c2cccc([N+](=O)[O-])c2)c(=O)[nH]1. The van der Waals surface area contributed by atoms with Gasteiger partial charge in [-0.15, -0.1) is 0 Å². The molecule has 0 saturated heterocycles. The quantitative estimate of drug-likeness (QED) is 0.366. The monoisotopic (exact) mass is 358 g/mol. The Balaban J connectivity index is 2.66. The Morgan fingerprint density at radius 1 is 1.44 bits per heavy atom. The number of aromatic amines is 1. The van der Waals surface area contributed by atoms with E-state index in [2.05, 4.69) is 9.97 Å². The van der Waals surface area contributed by atoms with Gasteiger partial charge in [0.2, 0.25) is 5.95 Å². The lowest BCUT2D eigenvalue weighted by Crippen LogP contribution is -2.15. The van der Waals surface area contributed by atoms with Crippen molar-refractivity contribution in [3.05, 3.63) is 48.4 Å². The summed E-state index contributed by atoms with van der Waals surface area (Å²) in [5, 5.41) is 10.7. The molecule has 1 aromatic carbocycles. The van der Waals surface area contributed by atoms with Crippen LogP contribution in [-0.4, -0.2) is 14.9 Å². The number of halogens is 1. The lowest BCUT2D eigenvalue weighted by atomic mass is 10.1. The average Bonchev–Trinajstić information content (AvgIpc) is 2.28. The molecule has 0 spiro atoms. The highest BCUT2D eigenvalue weighted by Crippen LogP contribution is 2.24. The molecule has 0 bridgehead atoms. The van der Waals surface area contributed by atoms with Crippen LogP contribution >= 0.6 is 22.6 Å². The van der Waals surface area contributed by atoms with Crippen molar-refractivity contribution in [1.82, 2.24) is 9.97 Å². The first kappa shape index (κ1) is 12.5. The maximum atomic E-state index is 11.8. The summed E-state index contributed by atoms with van der Waals surface area (Å²) >= 11 is 1.86. The smallest absolute Gasteiger partial charge is 0.270 e. The van der Waals surface area contributed by atoms with Crippen molar-refractivity contribution in [3.8, 4) is 11.1 Å². The topological polar surface area (TPSA) is 115 Å². The molecular weight excluding hydrogens is 351 g/mol. The second-order valence-corrected chi connectivity index (χ2v) is 4.45. The Hall–Kier alpha value is -1.97. The van der Waals surface area contributed by atoms with Gasteiger partial charge in [-0.1, -0.05) is 12.1 Å². The number of rotatable bonds is 2. The van der Waals surface area contributed by atoms with Gasteiger partial charge in [-0.3, -0.25) is 19.9 Å². The number of nitrogen functional groups attached to an aromatic ring is 1. The Kier molecular flexibility index (Phi) is 3.28. The van der Waals surface area contributed by atoms with Gasteiger partial charge in [0.15, 0.2) is 0 Å². The molecule has 0 atom stereocenters. The fourth-order valence-electron chi connectivity index (χ4n) is 1.49. The molecule has 1 aromatic heterocycles. The maximum absolute atomic E-state index is 11.8. The Labute approximate surface area is 114 Å². The standard InChI is InChI=1S/C10H7IN4O3/c11-8-7(9(16)14-10(12)13-8)5-2-1-3-6(4-5)15(17)18/h1-4H,(H3,12,13,14,16). The number of nitro benzene ring substituents is 1. The van der Waals surface area contributed by atoms with E-state index in [1.165, 1.54) is 18.2 Å². The fraction of sp³-hybridized carbons (Fsp3) is 0. The summed E-state index contributed by atoms with van der Waals surface area (Å²) in [7, 11) is 0. The Bertz CT molecular complexity index is 683. The van der Waals surface area contributed by atoms with Crippen molar-refractivity contribution in [1.29, 1.82) is 0 Å².